The van der Waals surface area contributed by atoms with Crippen LogP contribution in [0.4, 0.5) is 5.69 Å². The number of rotatable bonds is 6. The second kappa shape index (κ2) is 8.62. The third-order valence-electron chi connectivity index (χ3n) is 4.29. The third-order valence-corrected chi connectivity index (χ3v) is 5.15. The Kier molecular flexibility index (Phi) is 5.58. The summed E-state index contributed by atoms with van der Waals surface area (Å²) in [6, 6.07) is 19.8. The minimum absolute atomic E-state index is 0.110. The molecule has 1 amide bonds. The number of carbonyl (C=O) groups is 1. The second-order valence-corrected chi connectivity index (χ2v) is 7.40. The highest BCUT2D eigenvalue weighted by Crippen LogP contribution is 2.22. The summed E-state index contributed by atoms with van der Waals surface area (Å²) in [5.41, 5.74) is -0.854. The number of hydrogen-bond donors (Lipinski definition) is 2. The molecule has 0 saturated heterocycles. The highest BCUT2D eigenvalue weighted by atomic mass is 32.1. The zero-order valence-electron chi connectivity index (χ0n) is 15.7. The quantitative estimate of drug-likeness (QED) is 0.498. The van der Waals surface area contributed by atoms with Gasteiger partial charge in [0.2, 0.25) is 0 Å². The number of para-hydroxylation sites is 1. The highest BCUT2D eigenvalue weighted by molar-refractivity contribution is 7.09. The van der Waals surface area contributed by atoms with Gasteiger partial charge in [0.1, 0.15) is 17.1 Å². The van der Waals surface area contributed by atoms with Gasteiger partial charge >= 0.3 is 5.69 Å². The van der Waals surface area contributed by atoms with Crippen LogP contribution in [0.5, 0.6) is 11.5 Å². The molecule has 0 saturated carbocycles. The molecule has 30 heavy (non-hydrogen) atoms. The van der Waals surface area contributed by atoms with E-state index in [9.17, 15) is 14.4 Å². The summed E-state index contributed by atoms with van der Waals surface area (Å²) in [6.45, 7) is 0.110. The smallest absolute Gasteiger partial charge is 0.328 e. The maximum Gasteiger partial charge on any atom is 0.328 e. The maximum atomic E-state index is 12.7. The fraction of sp³-hybridized carbons (Fsp3) is 0.0455. The predicted octanol–water partition coefficient (Wildman–Crippen LogP) is 3.69. The van der Waals surface area contributed by atoms with E-state index < -0.39 is 17.2 Å². The number of amides is 1. The molecule has 0 bridgehead atoms. The number of H-pyrrole nitrogens is 1. The van der Waals surface area contributed by atoms with Crippen LogP contribution in [0, 0.1) is 0 Å². The fourth-order valence-corrected chi connectivity index (χ4v) is 3.50. The summed E-state index contributed by atoms with van der Waals surface area (Å²) in [7, 11) is 0. The fourth-order valence-electron chi connectivity index (χ4n) is 2.81. The highest BCUT2D eigenvalue weighted by Gasteiger charge is 2.15. The van der Waals surface area contributed by atoms with E-state index in [4.69, 9.17) is 4.74 Å². The zero-order valence-corrected chi connectivity index (χ0v) is 16.5. The van der Waals surface area contributed by atoms with Crippen molar-refractivity contribution < 1.29 is 9.53 Å². The molecule has 0 spiro atoms. The van der Waals surface area contributed by atoms with E-state index in [2.05, 4.69) is 10.3 Å². The van der Waals surface area contributed by atoms with Crippen molar-refractivity contribution in [2.45, 2.75) is 6.54 Å². The molecule has 2 aromatic heterocycles. The molecular formula is C22H17N3O4S. The number of hydrogen-bond acceptors (Lipinski definition) is 5. The summed E-state index contributed by atoms with van der Waals surface area (Å²) in [4.78, 5) is 40.6. The van der Waals surface area contributed by atoms with Crippen LogP contribution in [0.2, 0.25) is 0 Å². The average Bonchev–Trinajstić information content (AvgIpc) is 3.26. The van der Waals surface area contributed by atoms with E-state index >= 15 is 0 Å². The summed E-state index contributed by atoms with van der Waals surface area (Å²) < 4.78 is 6.73. The minimum atomic E-state index is -0.645. The van der Waals surface area contributed by atoms with Gasteiger partial charge in [-0.1, -0.05) is 24.3 Å². The van der Waals surface area contributed by atoms with Crippen molar-refractivity contribution >= 4 is 22.9 Å². The van der Waals surface area contributed by atoms with Gasteiger partial charge in [0, 0.05) is 16.8 Å². The first-order chi connectivity index (χ1) is 14.6. The van der Waals surface area contributed by atoms with E-state index in [-0.39, 0.29) is 12.1 Å². The summed E-state index contributed by atoms with van der Waals surface area (Å²) in [5.74, 6) is 0.711. The summed E-state index contributed by atoms with van der Waals surface area (Å²) in [6.07, 6.45) is 1.14. The molecule has 0 aliphatic carbocycles. The van der Waals surface area contributed by atoms with E-state index in [1.54, 1.807) is 24.3 Å². The van der Waals surface area contributed by atoms with Crippen molar-refractivity contribution in [1.29, 1.82) is 0 Å². The van der Waals surface area contributed by atoms with Crippen LogP contribution in [0.1, 0.15) is 15.2 Å². The number of ether oxygens (including phenoxy) is 1. The molecule has 2 heterocycles. The topological polar surface area (TPSA) is 93.2 Å². The lowest BCUT2D eigenvalue weighted by Crippen LogP contribution is -2.39. The number of nitrogens with one attached hydrogen (secondary N) is 2. The molecule has 4 rings (SSSR count). The first-order valence-corrected chi connectivity index (χ1v) is 9.97. The van der Waals surface area contributed by atoms with Crippen LogP contribution >= 0.6 is 11.3 Å². The molecule has 8 heteroatoms. The Morgan fingerprint density at radius 3 is 2.40 bits per heavy atom. The van der Waals surface area contributed by atoms with E-state index in [1.807, 2.05) is 47.8 Å². The van der Waals surface area contributed by atoms with Gasteiger partial charge in [0.05, 0.1) is 6.54 Å². The molecule has 0 radical (unpaired) electrons. The molecule has 0 unspecified atom stereocenters. The van der Waals surface area contributed by atoms with Gasteiger partial charge in [-0.25, -0.2) is 4.79 Å². The van der Waals surface area contributed by atoms with Crippen LogP contribution in [0.15, 0.2) is 87.9 Å². The molecule has 4 aromatic rings. The van der Waals surface area contributed by atoms with E-state index in [1.165, 1.54) is 11.3 Å². The molecule has 0 fully saturated rings. The largest absolute Gasteiger partial charge is 0.457 e. The molecule has 2 aromatic carbocycles. The molecular weight excluding hydrogens is 402 g/mol. The Labute approximate surface area is 175 Å². The second-order valence-electron chi connectivity index (χ2n) is 6.37. The van der Waals surface area contributed by atoms with Gasteiger partial charge in [-0.15, -0.1) is 11.3 Å². The summed E-state index contributed by atoms with van der Waals surface area (Å²) >= 11 is 1.43. The number of nitrogens with zero attached hydrogens (tertiary/aromatic N) is 1. The van der Waals surface area contributed by atoms with Gasteiger partial charge in [-0.2, -0.15) is 0 Å². The van der Waals surface area contributed by atoms with Crippen molar-refractivity contribution in [2.24, 2.45) is 0 Å². The first kappa shape index (κ1) is 19.4. The van der Waals surface area contributed by atoms with Crippen LogP contribution in [0.3, 0.4) is 0 Å². The van der Waals surface area contributed by atoms with Gasteiger partial charge in [-0.3, -0.25) is 14.2 Å². The van der Waals surface area contributed by atoms with Crippen LogP contribution in [0.25, 0.3) is 0 Å². The Balaban J connectivity index is 1.50. The number of thiophene rings is 1. The van der Waals surface area contributed by atoms with Crippen molar-refractivity contribution in [3.63, 3.8) is 0 Å². The number of aromatic nitrogens is 2. The molecule has 150 valence electrons. The van der Waals surface area contributed by atoms with Gasteiger partial charge in [0.25, 0.3) is 11.5 Å². The van der Waals surface area contributed by atoms with Crippen molar-refractivity contribution in [3.05, 3.63) is 110 Å². The number of aromatic amines is 1. The lowest BCUT2D eigenvalue weighted by atomic mass is 10.2. The van der Waals surface area contributed by atoms with Crippen molar-refractivity contribution in [1.82, 2.24) is 9.55 Å². The van der Waals surface area contributed by atoms with Crippen LogP contribution in [-0.2, 0) is 6.54 Å². The number of carbonyl (C=O) groups excluding carboxylic acids is 1. The van der Waals surface area contributed by atoms with Crippen molar-refractivity contribution in [3.8, 4) is 11.5 Å². The lowest BCUT2D eigenvalue weighted by Gasteiger charge is -2.09. The lowest BCUT2D eigenvalue weighted by molar-refractivity contribution is 0.102. The number of anilines is 1. The summed E-state index contributed by atoms with van der Waals surface area (Å²) in [5, 5.41) is 4.53. The predicted molar refractivity (Wildman–Crippen MR) is 116 cm³/mol. The van der Waals surface area contributed by atoms with Crippen LogP contribution in [-0.4, -0.2) is 15.5 Å². The van der Waals surface area contributed by atoms with Crippen molar-refractivity contribution in [2.75, 3.05) is 5.32 Å². The normalized spacial score (nSPS) is 10.5. The Hall–Kier alpha value is -3.91. The molecule has 7 nitrogen and oxygen atoms in total. The van der Waals surface area contributed by atoms with Gasteiger partial charge in [-0.05, 0) is 47.8 Å². The molecule has 0 aliphatic rings. The Bertz CT molecular complexity index is 1260. The molecule has 0 aliphatic heterocycles. The van der Waals surface area contributed by atoms with Gasteiger partial charge in [0.15, 0.2) is 0 Å². The maximum absolute atomic E-state index is 12.7. The SMILES string of the molecule is O=C(Nc1ccc(Oc2ccccc2)cc1)c1c[nH]c(=O)n(Cc2cccs2)c1=O. The zero-order chi connectivity index (χ0) is 20.9. The Morgan fingerprint density at radius 2 is 1.70 bits per heavy atom. The number of benzene rings is 2. The molecule has 0 atom stereocenters. The van der Waals surface area contributed by atoms with Crippen LogP contribution < -0.4 is 21.3 Å². The standard InChI is InChI=1S/C22H17N3O4S/c26-20(19-13-23-22(28)25(21(19)27)14-18-7-4-12-30-18)24-15-8-10-17(11-9-15)29-16-5-2-1-3-6-16/h1-13H,14H2,(H,23,28)(H,24,26). The average molecular weight is 419 g/mol. The Morgan fingerprint density at radius 1 is 0.967 bits per heavy atom. The van der Waals surface area contributed by atoms with E-state index in [0.717, 1.165) is 15.6 Å². The first-order valence-electron chi connectivity index (χ1n) is 9.09. The van der Waals surface area contributed by atoms with Gasteiger partial charge < -0.3 is 15.0 Å². The van der Waals surface area contributed by atoms with E-state index in [0.29, 0.717) is 17.2 Å². The third kappa shape index (κ3) is 4.39. The molecule has 2 N–H and O–H groups in total. The monoisotopic (exact) mass is 419 g/mol. The minimum Gasteiger partial charge on any atom is -0.457 e.